The Kier molecular flexibility index (Phi) is 13.5. The molecule has 0 saturated carbocycles. The van der Waals surface area contributed by atoms with E-state index >= 15 is 0 Å². The van der Waals surface area contributed by atoms with Crippen LogP contribution < -0.4 is 0 Å². The largest absolute Gasteiger partial charge is 0.454 e. The summed E-state index contributed by atoms with van der Waals surface area (Å²) in [5.41, 5.74) is 0. The molecule has 146 valence electrons. The molecule has 0 saturated heterocycles. The molecule has 0 amide bonds. The minimum Gasteiger partial charge on any atom is -0.454 e. The molecule has 0 atom stereocenters. The van der Waals surface area contributed by atoms with Gasteiger partial charge in [-0.25, -0.2) is 13.6 Å². The van der Waals surface area contributed by atoms with E-state index in [0.717, 1.165) is 0 Å². The summed E-state index contributed by atoms with van der Waals surface area (Å²) in [4.78, 5) is 11.7. The predicted octanol–water partition coefficient (Wildman–Crippen LogP) is 4.29. The van der Waals surface area contributed by atoms with Gasteiger partial charge in [0.25, 0.3) is 0 Å². The molecule has 24 heavy (non-hydrogen) atoms. The molecule has 0 aliphatic rings. The van der Waals surface area contributed by atoms with E-state index < -0.39 is 49.7 Å². The zero-order chi connectivity index (χ0) is 20.2. The molecule has 0 spiro atoms. The van der Waals surface area contributed by atoms with E-state index in [2.05, 4.69) is 11.3 Å². The Morgan fingerprint density at radius 2 is 1.42 bits per heavy atom. The number of hydrogen-bond acceptors (Lipinski definition) is 3. The van der Waals surface area contributed by atoms with E-state index in [-0.39, 0.29) is 0 Å². The molecule has 0 radical (unpaired) electrons. The quantitative estimate of drug-likeness (QED) is 0.371. The van der Waals surface area contributed by atoms with Gasteiger partial charge in [-0.3, -0.25) is 4.39 Å². The van der Waals surface area contributed by atoms with Crippen molar-refractivity contribution in [3.05, 3.63) is 12.4 Å². The topological polar surface area (TPSA) is 35.5 Å². The molecular weight excluding hydrogens is 377 g/mol. The average Bonchev–Trinajstić information content (AvgIpc) is 2.54. The minimum atomic E-state index is -5.39. The molecule has 0 heterocycles. The third kappa shape index (κ3) is 11.0. The van der Waals surface area contributed by atoms with Crippen molar-refractivity contribution in [2.24, 2.45) is 0 Å². The van der Waals surface area contributed by atoms with Gasteiger partial charge in [-0.05, 0) is 4.53 Å². The molecule has 0 aliphatic heterocycles. The summed E-state index contributed by atoms with van der Waals surface area (Å²) in [5, 5.41) is 0. The van der Waals surface area contributed by atoms with Crippen molar-refractivity contribution in [3.8, 4) is 0 Å². The van der Waals surface area contributed by atoms with Gasteiger partial charge in [0.15, 0.2) is 20.0 Å². The van der Waals surface area contributed by atoms with Crippen LogP contribution in [0.5, 0.6) is 0 Å². The monoisotopic (exact) mass is 388 g/mol. The molecule has 0 aromatic carbocycles. The van der Waals surface area contributed by atoms with Crippen LogP contribution in [0.3, 0.4) is 0 Å². The van der Waals surface area contributed by atoms with Crippen molar-refractivity contribution < 1.29 is 62.9 Å². The van der Waals surface area contributed by atoms with Crippen molar-refractivity contribution in [3.63, 3.8) is 0 Å². The molecule has 0 N–H and O–H groups in total. The number of alkyl halides is 9. The van der Waals surface area contributed by atoms with Crippen LogP contribution in [0.4, 0.5) is 48.4 Å². The fraction of sp³-hybridized carbons (Fsp3) is 0.700. The van der Waals surface area contributed by atoms with Crippen LogP contribution in [0.25, 0.3) is 0 Å². The standard InChI is InChI=1S/C6H6F4O2.C3H2F6O.CH3F/c1-4(8)5(11)12-3-6(9,10)2-7;4-1-2(5,6)3(7,8)10-9;1-2/h1-3H2;1H2;1H3. The number of halogens is 11. The lowest BCUT2D eigenvalue weighted by molar-refractivity contribution is -0.424. The SMILES string of the molecule is C=C(F)C(=O)OCC(F)(F)CF.CF.FCC(F)(F)C(F)(F)OF. The van der Waals surface area contributed by atoms with Crippen LogP contribution in [0.2, 0.25) is 0 Å². The van der Waals surface area contributed by atoms with E-state index in [4.69, 9.17) is 0 Å². The Labute approximate surface area is 127 Å². The molecule has 0 unspecified atom stereocenters. The van der Waals surface area contributed by atoms with Crippen molar-refractivity contribution in [2.75, 3.05) is 27.1 Å². The highest BCUT2D eigenvalue weighted by Crippen LogP contribution is 2.35. The van der Waals surface area contributed by atoms with E-state index in [0.29, 0.717) is 7.18 Å². The van der Waals surface area contributed by atoms with Gasteiger partial charge in [-0.1, -0.05) is 6.58 Å². The van der Waals surface area contributed by atoms with Crippen LogP contribution in [-0.4, -0.2) is 51.1 Å². The van der Waals surface area contributed by atoms with Gasteiger partial charge in [-0.2, -0.15) is 30.7 Å². The summed E-state index contributed by atoms with van der Waals surface area (Å²) < 4.78 is 127. The molecule has 0 aromatic heterocycles. The number of esters is 1. The second-order valence-corrected chi connectivity index (χ2v) is 3.40. The van der Waals surface area contributed by atoms with E-state index in [1.165, 1.54) is 0 Å². The van der Waals surface area contributed by atoms with Crippen LogP contribution in [0.15, 0.2) is 12.4 Å². The number of hydrogen-bond donors (Lipinski definition) is 0. The zero-order valence-electron chi connectivity index (χ0n) is 11.7. The van der Waals surface area contributed by atoms with E-state index in [1.54, 1.807) is 4.94 Å². The molecule has 0 fully saturated rings. The van der Waals surface area contributed by atoms with Gasteiger partial charge >= 0.3 is 23.9 Å². The summed E-state index contributed by atoms with van der Waals surface area (Å²) in [6, 6.07) is 0. The Bertz CT molecular complexity index is 359. The number of rotatable bonds is 7. The minimum absolute atomic E-state index is 0.500. The van der Waals surface area contributed by atoms with Crippen molar-refractivity contribution in [2.45, 2.75) is 18.0 Å². The number of carbonyl (C=O) groups is 1. The van der Waals surface area contributed by atoms with E-state index in [9.17, 15) is 53.2 Å². The van der Waals surface area contributed by atoms with E-state index in [1.807, 2.05) is 0 Å². The first-order valence-electron chi connectivity index (χ1n) is 5.20. The summed E-state index contributed by atoms with van der Waals surface area (Å²) in [6.45, 7) is -3.62. The molecule has 0 bridgehead atoms. The first kappa shape index (κ1) is 27.3. The van der Waals surface area contributed by atoms with Crippen molar-refractivity contribution >= 4 is 5.97 Å². The Hall–Kier alpha value is -1.60. The van der Waals surface area contributed by atoms with Crippen LogP contribution in [0.1, 0.15) is 0 Å². The van der Waals surface area contributed by atoms with Gasteiger partial charge in [0.05, 0.1) is 7.18 Å². The fourth-order valence-corrected chi connectivity index (χ4v) is 0.422. The van der Waals surface area contributed by atoms with Gasteiger partial charge in [0.1, 0.15) is 0 Å². The highest BCUT2D eigenvalue weighted by Gasteiger charge is 2.59. The number of carbonyl (C=O) groups excluding carboxylic acids is 1. The van der Waals surface area contributed by atoms with Gasteiger partial charge in [0, 0.05) is 0 Å². The molecule has 0 rings (SSSR count). The maximum atomic E-state index is 12.0. The molecule has 0 aliphatic carbocycles. The Balaban J connectivity index is -0.000000337. The Morgan fingerprint density at radius 1 is 1.00 bits per heavy atom. The second-order valence-electron chi connectivity index (χ2n) is 3.40. The van der Waals surface area contributed by atoms with Crippen LogP contribution >= 0.6 is 0 Å². The zero-order valence-corrected chi connectivity index (χ0v) is 11.7. The maximum Gasteiger partial charge on any atom is 0.451 e. The fourth-order valence-electron chi connectivity index (χ4n) is 0.422. The first-order chi connectivity index (χ1) is 10.8. The summed E-state index contributed by atoms with van der Waals surface area (Å²) in [7, 11) is 0.500. The summed E-state index contributed by atoms with van der Waals surface area (Å²) in [6.07, 6.45) is -5.39. The van der Waals surface area contributed by atoms with Crippen molar-refractivity contribution in [1.29, 1.82) is 0 Å². The molecule has 0 aromatic rings. The first-order valence-corrected chi connectivity index (χ1v) is 5.20. The summed E-state index contributed by atoms with van der Waals surface area (Å²) >= 11 is 0. The lowest BCUT2D eigenvalue weighted by atomic mass is 10.3. The predicted molar refractivity (Wildman–Crippen MR) is 57.2 cm³/mol. The van der Waals surface area contributed by atoms with Gasteiger partial charge < -0.3 is 4.74 Å². The van der Waals surface area contributed by atoms with Crippen molar-refractivity contribution in [1.82, 2.24) is 0 Å². The Morgan fingerprint density at radius 3 is 1.62 bits per heavy atom. The van der Waals surface area contributed by atoms with Gasteiger partial charge in [-0.15, -0.1) is 4.94 Å². The highest BCUT2D eigenvalue weighted by atomic mass is 19.4. The third-order valence-corrected chi connectivity index (χ3v) is 1.52. The second kappa shape index (κ2) is 11.9. The highest BCUT2D eigenvalue weighted by molar-refractivity contribution is 5.85. The normalized spacial score (nSPS) is 11.5. The lowest BCUT2D eigenvalue weighted by Crippen LogP contribution is -2.42. The summed E-state index contributed by atoms with van der Waals surface area (Å²) in [5.74, 6) is -12.0. The third-order valence-electron chi connectivity index (χ3n) is 1.52. The molecule has 14 heteroatoms. The van der Waals surface area contributed by atoms with Crippen LogP contribution in [-0.2, 0) is 14.5 Å². The van der Waals surface area contributed by atoms with Crippen LogP contribution in [0, 0.1) is 0 Å². The smallest absolute Gasteiger partial charge is 0.451 e. The average molecular weight is 388 g/mol. The molecular formula is C10H11F11O3. The molecule has 3 nitrogen and oxygen atoms in total. The maximum absolute atomic E-state index is 12.0. The lowest BCUT2D eigenvalue weighted by Gasteiger charge is -2.18. The number of ether oxygens (including phenoxy) is 1. The van der Waals surface area contributed by atoms with Gasteiger partial charge in [0.2, 0.25) is 5.83 Å².